The number of hydrogen-bond acceptors (Lipinski definition) is 5. The topological polar surface area (TPSA) is 105 Å². The number of carbonyl (C=O) groups is 1. The van der Waals surface area contributed by atoms with E-state index in [1.165, 1.54) is 238 Å². The number of phosphoric acid groups is 1. The van der Waals surface area contributed by atoms with Gasteiger partial charge in [0.1, 0.15) is 13.2 Å². The molecule has 0 saturated carbocycles. The molecule has 0 fully saturated rings. The molecule has 458 valence electrons. The Labute approximate surface area is 485 Å². The molecule has 0 aliphatic carbocycles. The highest BCUT2D eigenvalue weighted by molar-refractivity contribution is 7.47. The van der Waals surface area contributed by atoms with Gasteiger partial charge in [-0.05, 0) is 57.8 Å². The minimum Gasteiger partial charge on any atom is -0.387 e. The molecular formula is C69H132N2O6P+. The molecule has 0 heterocycles. The number of allylic oxidation sites excluding steroid dienone is 9. The predicted octanol–water partition coefficient (Wildman–Crippen LogP) is 21.2. The summed E-state index contributed by atoms with van der Waals surface area (Å²) in [6.45, 7) is 4.75. The summed E-state index contributed by atoms with van der Waals surface area (Å²) in [5.74, 6) is -0.172. The highest BCUT2D eigenvalue weighted by Crippen LogP contribution is 2.43. The van der Waals surface area contributed by atoms with Gasteiger partial charge in [-0.15, -0.1) is 0 Å². The van der Waals surface area contributed by atoms with Crippen molar-refractivity contribution in [3.8, 4) is 0 Å². The quantitative estimate of drug-likeness (QED) is 0.0243. The van der Waals surface area contributed by atoms with Gasteiger partial charge in [0.05, 0.1) is 39.9 Å². The molecule has 3 N–H and O–H groups in total. The van der Waals surface area contributed by atoms with Crippen LogP contribution in [0.5, 0.6) is 0 Å². The highest BCUT2D eigenvalue weighted by atomic mass is 31.2. The second kappa shape index (κ2) is 59.8. The first kappa shape index (κ1) is 76.2. The van der Waals surface area contributed by atoms with Gasteiger partial charge in [0, 0.05) is 6.42 Å². The third kappa shape index (κ3) is 61.8. The highest BCUT2D eigenvalue weighted by Gasteiger charge is 2.28. The van der Waals surface area contributed by atoms with Crippen LogP contribution in [0.1, 0.15) is 322 Å². The fourth-order valence-corrected chi connectivity index (χ4v) is 10.8. The third-order valence-electron chi connectivity index (χ3n) is 15.2. The van der Waals surface area contributed by atoms with E-state index in [4.69, 9.17) is 9.05 Å². The Kier molecular flexibility index (Phi) is 58.4. The minimum atomic E-state index is -4.35. The second-order valence-corrected chi connectivity index (χ2v) is 25.6. The van der Waals surface area contributed by atoms with E-state index in [2.05, 4.69) is 67.8 Å². The molecule has 0 aromatic heterocycles. The normalized spacial score (nSPS) is 14.1. The van der Waals surface area contributed by atoms with E-state index < -0.39 is 20.0 Å². The molecule has 0 rings (SSSR count). The molecule has 0 bridgehead atoms. The average Bonchev–Trinajstić information content (AvgIpc) is 3.41. The van der Waals surface area contributed by atoms with Gasteiger partial charge in [0.25, 0.3) is 0 Å². The van der Waals surface area contributed by atoms with E-state index in [-0.39, 0.29) is 19.1 Å². The number of rotatable bonds is 62. The molecule has 0 aliphatic rings. The molecule has 0 radical (unpaired) electrons. The van der Waals surface area contributed by atoms with Crippen LogP contribution in [0, 0.1) is 0 Å². The fraction of sp³-hybridized carbons (Fsp3) is 0.841. The van der Waals surface area contributed by atoms with Gasteiger partial charge in [-0.25, -0.2) is 4.57 Å². The number of amides is 1. The van der Waals surface area contributed by atoms with Gasteiger partial charge < -0.3 is 19.8 Å². The Morgan fingerprint density at radius 2 is 0.769 bits per heavy atom. The maximum absolute atomic E-state index is 13.0. The summed E-state index contributed by atoms with van der Waals surface area (Å²) in [6, 6.07) is -0.848. The number of nitrogens with one attached hydrogen (secondary N) is 1. The van der Waals surface area contributed by atoms with Crippen LogP contribution < -0.4 is 5.32 Å². The standard InChI is InChI=1S/C69H131N2O6P/c1-6-8-10-12-14-16-18-20-22-24-26-28-30-32-33-34-35-36-37-39-41-43-45-47-49-51-53-55-57-59-61-63-69(73)70-67(66-77-78(74,75)76-65-64-71(3,4)5)68(72)62-60-58-56-54-52-50-48-46-44-42-40-38-31-29-27-25-23-21-19-17-15-13-11-9-7-2/h8,10,14,16,20,22,26,28,60,62,67-68,72H,6-7,9,11-13,15,17-19,21,23-25,27,29-59,61,63-66H2,1-5H3,(H-,70,73,74,75)/p+1/b10-8-,16-14-,22-20-,28-26-,62-60+. The lowest BCUT2D eigenvalue weighted by Crippen LogP contribution is -2.45. The zero-order valence-electron chi connectivity index (χ0n) is 52.4. The molecule has 0 aromatic rings. The molecule has 1 amide bonds. The predicted molar refractivity (Wildman–Crippen MR) is 341 cm³/mol. The van der Waals surface area contributed by atoms with Gasteiger partial charge >= 0.3 is 7.82 Å². The Bertz CT molecular complexity index is 1450. The Balaban J connectivity index is 4.07. The summed E-state index contributed by atoms with van der Waals surface area (Å²) >= 11 is 0. The molecular weight excluding hydrogens is 984 g/mol. The Morgan fingerprint density at radius 3 is 1.13 bits per heavy atom. The van der Waals surface area contributed by atoms with E-state index in [1.54, 1.807) is 6.08 Å². The SMILES string of the molecule is CC/C=C\C/C=C\C/C=C\C/C=C\CCCCCCCCCCCCCCCCCCCCC(=O)NC(COP(=O)(O)OCC[N+](C)(C)C)C(O)/C=C/CCCCCCCCCCCCCCCCCCCCCCCCC. The Hall–Kier alpha value is -1.80. The van der Waals surface area contributed by atoms with Crippen molar-refractivity contribution in [2.75, 3.05) is 40.9 Å². The lowest BCUT2D eigenvalue weighted by Gasteiger charge is -2.25. The van der Waals surface area contributed by atoms with Crippen molar-refractivity contribution in [3.05, 3.63) is 60.8 Å². The number of aliphatic hydroxyl groups excluding tert-OH is 1. The number of aliphatic hydroxyl groups is 1. The van der Waals surface area contributed by atoms with E-state index >= 15 is 0 Å². The summed E-state index contributed by atoms with van der Waals surface area (Å²) in [5, 5.41) is 14.0. The zero-order chi connectivity index (χ0) is 57.0. The van der Waals surface area contributed by atoms with Crippen LogP contribution in [0.25, 0.3) is 0 Å². The van der Waals surface area contributed by atoms with Gasteiger partial charge in [-0.2, -0.15) is 0 Å². The molecule has 3 atom stereocenters. The van der Waals surface area contributed by atoms with Crippen LogP contribution in [0.3, 0.4) is 0 Å². The van der Waals surface area contributed by atoms with Crippen molar-refractivity contribution in [1.82, 2.24) is 5.32 Å². The van der Waals surface area contributed by atoms with Gasteiger partial charge in [0.15, 0.2) is 0 Å². The minimum absolute atomic E-state index is 0.0619. The molecule has 9 heteroatoms. The summed E-state index contributed by atoms with van der Waals surface area (Å²) in [5.41, 5.74) is 0. The van der Waals surface area contributed by atoms with Crippen LogP contribution in [-0.4, -0.2) is 73.4 Å². The fourth-order valence-electron chi connectivity index (χ4n) is 10.0. The summed E-state index contributed by atoms with van der Waals surface area (Å²) in [7, 11) is 1.58. The number of carbonyl (C=O) groups excluding carboxylic acids is 1. The maximum atomic E-state index is 13.0. The van der Waals surface area contributed by atoms with E-state index in [1.807, 2.05) is 27.2 Å². The first-order valence-corrected chi connectivity index (χ1v) is 35.2. The van der Waals surface area contributed by atoms with Gasteiger partial charge in [-0.1, -0.05) is 319 Å². The van der Waals surface area contributed by atoms with Crippen molar-refractivity contribution in [2.24, 2.45) is 0 Å². The molecule has 8 nitrogen and oxygen atoms in total. The monoisotopic (exact) mass is 1120 g/mol. The number of quaternary nitrogens is 1. The summed E-state index contributed by atoms with van der Waals surface area (Å²) in [4.78, 5) is 23.4. The van der Waals surface area contributed by atoms with E-state index in [0.29, 0.717) is 17.4 Å². The first-order chi connectivity index (χ1) is 38.0. The van der Waals surface area contributed by atoms with Crippen LogP contribution in [0.15, 0.2) is 60.8 Å². The van der Waals surface area contributed by atoms with Crippen LogP contribution in [0.4, 0.5) is 0 Å². The van der Waals surface area contributed by atoms with Crippen molar-refractivity contribution in [1.29, 1.82) is 0 Å². The van der Waals surface area contributed by atoms with Crippen molar-refractivity contribution in [3.63, 3.8) is 0 Å². The molecule has 0 saturated heterocycles. The number of phosphoric ester groups is 1. The number of nitrogens with zero attached hydrogens (tertiary/aromatic N) is 1. The van der Waals surface area contributed by atoms with Crippen LogP contribution in [0.2, 0.25) is 0 Å². The van der Waals surface area contributed by atoms with E-state index in [0.717, 1.165) is 64.2 Å². The third-order valence-corrected chi connectivity index (χ3v) is 16.2. The van der Waals surface area contributed by atoms with Gasteiger partial charge in [-0.3, -0.25) is 13.8 Å². The lowest BCUT2D eigenvalue weighted by molar-refractivity contribution is -0.870. The molecule has 0 spiro atoms. The van der Waals surface area contributed by atoms with Gasteiger partial charge in [0.2, 0.25) is 5.91 Å². The van der Waals surface area contributed by atoms with Crippen LogP contribution >= 0.6 is 7.82 Å². The molecule has 3 unspecified atom stereocenters. The lowest BCUT2D eigenvalue weighted by atomic mass is 10.0. The zero-order valence-corrected chi connectivity index (χ0v) is 53.3. The smallest absolute Gasteiger partial charge is 0.387 e. The number of likely N-dealkylation sites (N-methyl/N-ethyl adjacent to an activating group) is 1. The van der Waals surface area contributed by atoms with Crippen molar-refractivity contribution >= 4 is 13.7 Å². The Morgan fingerprint density at radius 1 is 0.449 bits per heavy atom. The summed E-state index contributed by atoms with van der Waals surface area (Å²) in [6.07, 6.45) is 82.1. The second-order valence-electron chi connectivity index (χ2n) is 24.2. The van der Waals surface area contributed by atoms with E-state index in [9.17, 15) is 19.4 Å². The number of hydrogen-bond donors (Lipinski definition) is 3. The summed E-state index contributed by atoms with van der Waals surface area (Å²) < 4.78 is 23.8. The maximum Gasteiger partial charge on any atom is 0.472 e. The van der Waals surface area contributed by atoms with Crippen molar-refractivity contribution < 1.29 is 32.9 Å². The largest absolute Gasteiger partial charge is 0.472 e. The molecule has 0 aliphatic heterocycles. The first-order valence-electron chi connectivity index (χ1n) is 33.7. The molecule has 78 heavy (non-hydrogen) atoms. The molecule has 0 aromatic carbocycles. The van der Waals surface area contributed by atoms with Crippen molar-refractivity contribution in [2.45, 2.75) is 334 Å². The average molecular weight is 1120 g/mol. The van der Waals surface area contributed by atoms with Crippen LogP contribution in [-0.2, 0) is 18.4 Å². The number of unbranched alkanes of at least 4 members (excludes halogenated alkanes) is 41.